The van der Waals surface area contributed by atoms with Crippen LogP contribution in [0.5, 0.6) is 0 Å². The molecule has 1 aromatic rings. The Bertz CT molecular complexity index is 512. The predicted octanol–water partition coefficient (Wildman–Crippen LogP) is 1.44. The number of aliphatic hydroxyl groups is 1. The first kappa shape index (κ1) is 15.5. The summed E-state index contributed by atoms with van der Waals surface area (Å²) in [5, 5.41) is 9.14. The van der Waals surface area contributed by atoms with E-state index in [9.17, 15) is 8.42 Å². The summed E-state index contributed by atoms with van der Waals surface area (Å²) in [6, 6.07) is 3.33. The molecule has 0 aliphatic rings. The van der Waals surface area contributed by atoms with E-state index in [1.807, 2.05) is 13.2 Å². The fourth-order valence-corrected chi connectivity index (χ4v) is 3.46. The molecule has 0 atom stereocenters. The van der Waals surface area contributed by atoms with Gasteiger partial charge in [0.05, 0.1) is 11.5 Å². The minimum atomic E-state index is -3.49. The molecule has 4 nitrogen and oxygen atoms in total. The van der Waals surface area contributed by atoms with Crippen LogP contribution in [0.1, 0.15) is 16.7 Å². The number of hydrogen-bond donors (Lipinski definition) is 2. The fourth-order valence-electron chi connectivity index (χ4n) is 1.63. The van der Waals surface area contributed by atoms with Crippen LogP contribution < -0.4 is 4.72 Å². The Hall–Kier alpha value is -0.560. The molecule has 0 spiro atoms. The van der Waals surface area contributed by atoms with Crippen molar-refractivity contribution in [3.63, 3.8) is 0 Å². The zero-order chi connectivity index (χ0) is 13.8. The molecule has 0 aromatic heterocycles. The molecule has 1 aromatic carbocycles. The van der Waals surface area contributed by atoms with E-state index >= 15 is 0 Å². The lowest BCUT2D eigenvalue weighted by Crippen LogP contribution is -2.27. The number of aliphatic hydroxyl groups excluding tert-OH is 1. The Kier molecular flexibility index (Phi) is 5.65. The first-order valence-electron chi connectivity index (χ1n) is 5.62. The van der Waals surface area contributed by atoms with Gasteiger partial charge in [-0.3, -0.25) is 0 Å². The second kappa shape index (κ2) is 6.56. The molecular formula is C12H19NO3S2. The summed E-state index contributed by atoms with van der Waals surface area (Å²) in [7, 11) is -3.49. The number of aryl methyl sites for hydroxylation is 1. The van der Waals surface area contributed by atoms with Crippen LogP contribution in [0.3, 0.4) is 0 Å². The maximum atomic E-state index is 12.1. The van der Waals surface area contributed by atoms with Crippen molar-refractivity contribution >= 4 is 21.8 Å². The predicted molar refractivity (Wildman–Crippen MR) is 75.4 cm³/mol. The van der Waals surface area contributed by atoms with Gasteiger partial charge < -0.3 is 5.11 Å². The quantitative estimate of drug-likeness (QED) is 0.778. The van der Waals surface area contributed by atoms with Crippen molar-refractivity contribution in [2.45, 2.75) is 25.3 Å². The molecule has 0 radical (unpaired) electrons. The van der Waals surface area contributed by atoms with E-state index in [1.165, 1.54) is 6.07 Å². The molecule has 1 rings (SSSR count). The average molecular weight is 289 g/mol. The molecule has 0 bridgehead atoms. The lowest BCUT2D eigenvalue weighted by Gasteiger charge is -2.12. The van der Waals surface area contributed by atoms with Gasteiger partial charge in [0, 0.05) is 12.3 Å². The molecule has 6 heteroatoms. The molecule has 0 fully saturated rings. The highest BCUT2D eigenvalue weighted by atomic mass is 32.2. The van der Waals surface area contributed by atoms with E-state index < -0.39 is 10.0 Å². The first-order valence-corrected chi connectivity index (χ1v) is 8.49. The van der Waals surface area contributed by atoms with Gasteiger partial charge in [-0.1, -0.05) is 6.07 Å². The van der Waals surface area contributed by atoms with Gasteiger partial charge in [-0.25, -0.2) is 13.1 Å². The summed E-state index contributed by atoms with van der Waals surface area (Å²) in [5.41, 5.74) is 2.21. The van der Waals surface area contributed by atoms with Crippen molar-refractivity contribution in [1.29, 1.82) is 0 Å². The van der Waals surface area contributed by atoms with Gasteiger partial charge >= 0.3 is 0 Å². The Labute approximate surface area is 113 Å². The normalized spacial score (nSPS) is 11.8. The van der Waals surface area contributed by atoms with E-state index in [-0.39, 0.29) is 11.5 Å². The number of nitrogens with one attached hydrogen (secondary N) is 1. The number of hydrogen-bond acceptors (Lipinski definition) is 4. The second-order valence-corrected chi connectivity index (χ2v) is 6.81. The fraction of sp³-hybridized carbons (Fsp3) is 0.500. The number of benzene rings is 1. The van der Waals surface area contributed by atoms with Crippen LogP contribution in [-0.2, 0) is 16.6 Å². The largest absolute Gasteiger partial charge is 0.392 e. The highest BCUT2D eigenvalue weighted by molar-refractivity contribution is 7.98. The van der Waals surface area contributed by atoms with Crippen molar-refractivity contribution in [3.05, 3.63) is 28.8 Å². The molecule has 102 valence electrons. The Morgan fingerprint density at radius 2 is 2.00 bits per heavy atom. The first-order chi connectivity index (χ1) is 8.42. The van der Waals surface area contributed by atoms with Gasteiger partial charge in [0.25, 0.3) is 0 Å². The third-order valence-corrected chi connectivity index (χ3v) is 4.95. The van der Waals surface area contributed by atoms with Crippen LogP contribution in [0.4, 0.5) is 0 Å². The van der Waals surface area contributed by atoms with Crippen molar-refractivity contribution in [3.8, 4) is 0 Å². The third kappa shape index (κ3) is 3.71. The SMILES string of the molecule is CSCCNS(=O)(=O)c1cc(CO)cc(C)c1C. The van der Waals surface area contributed by atoms with Gasteiger partial charge in [0.15, 0.2) is 0 Å². The van der Waals surface area contributed by atoms with E-state index in [0.29, 0.717) is 12.1 Å². The van der Waals surface area contributed by atoms with Crippen LogP contribution >= 0.6 is 11.8 Å². The molecule has 18 heavy (non-hydrogen) atoms. The summed E-state index contributed by atoms with van der Waals surface area (Å²) in [5.74, 6) is 0.733. The molecule has 0 amide bonds. The molecule has 0 aliphatic heterocycles. The smallest absolute Gasteiger partial charge is 0.240 e. The summed E-state index contributed by atoms with van der Waals surface area (Å²) in [6.45, 7) is 3.87. The number of thioether (sulfide) groups is 1. The Balaban J connectivity index is 3.11. The second-order valence-electron chi connectivity index (χ2n) is 4.08. The number of rotatable bonds is 6. The topological polar surface area (TPSA) is 66.4 Å². The van der Waals surface area contributed by atoms with Crippen LogP contribution in [0.25, 0.3) is 0 Å². The summed E-state index contributed by atoms with van der Waals surface area (Å²) in [4.78, 5) is 0.257. The minimum Gasteiger partial charge on any atom is -0.392 e. The molecule has 0 saturated heterocycles. The maximum Gasteiger partial charge on any atom is 0.240 e. The van der Waals surface area contributed by atoms with E-state index in [4.69, 9.17) is 5.11 Å². The maximum absolute atomic E-state index is 12.1. The monoisotopic (exact) mass is 289 g/mol. The van der Waals surface area contributed by atoms with Crippen molar-refractivity contribution in [2.75, 3.05) is 18.6 Å². The third-order valence-electron chi connectivity index (χ3n) is 2.75. The minimum absolute atomic E-state index is 0.158. The van der Waals surface area contributed by atoms with Crippen molar-refractivity contribution in [2.24, 2.45) is 0 Å². The van der Waals surface area contributed by atoms with Crippen LogP contribution in [0.2, 0.25) is 0 Å². The molecular weight excluding hydrogens is 270 g/mol. The Morgan fingerprint density at radius 1 is 1.33 bits per heavy atom. The van der Waals surface area contributed by atoms with Crippen LogP contribution in [-0.4, -0.2) is 32.1 Å². The summed E-state index contributed by atoms with van der Waals surface area (Å²) >= 11 is 1.59. The highest BCUT2D eigenvalue weighted by Gasteiger charge is 2.18. The van der Waals surface area contributed by atoms with E-state index in [1.54, 1.807) is 24.8 Å². The summed E-state index contributed by atoms with van der Waals surface area (Å²) in [6.07, 6.45) is 1.93. The van der Waals surface area contributed by atoms with E-state index in [2.05, 4.69) is 4.72 Å². The average Bonchev–Trinajstić information content (AvgIpc) is 2.32. The van der Waals surface area contributed by atoms with Gasteiger partial charge in [0.1, 0.15) is 0 Å². The zero-order valence-corrected chi connectivity index (χ0v) is 12.5. The molecule has 0 saturated carbocycles. The lowest BCUT2D eigenvalue weighted by atomic mass is 10.1. The van der Waals surface area contributed by atoms with Crippen LogP contribution in [0.15, 0.2) is 17.0 Å². The Morgan fingerprint density at radius 3 is 2.56 bits per heavy atom. The zero-order valence-electron chi connectivity index (χ0n) is 10.9. The van der Waals surface area contributed by atoms with Crippen LogP contribution in [0, 0.1) is 13.8 Å². The number of sulfonamides is 1. The molecule has 0 aliphatic carbocycles. The highest BCUT2D eigenvalue weighted by Crippen LogP contribution is 2.21. The van der Waals surface area contributed by atoms with Crippen molar-refractivity contribution < 1.29 is 13.5 Å². The molecule has 2 N–H and O–H groups in total. The standard InChI is InChI=1S/C12H19NO3S2/c1-9-6-11(8-14)7-12(10(9)2)18(15,16)13-4-5-17-3/h6-7,13-14H,4-5,8H2,1-3H3. The molecule has 0 heterocycles. The van der Waals surface area contributed by atoms with Gasteiger partial charge in [-0.05, 0) is 42.9 Å². The molecule has 0 unspecified atom stereocenters. The summed E-state index contributed by atoms with van der Waals surface area (Å²) < 4.78 is 26.9. The lowest BCUT2D eigenvalue weighted by molar-refractivity contribution is 0.281. The van der Waals surface area contributed by atoms with Gasteiger partial charge in [-0.2, -0.15) is 11.8 Å². The van der Waals surface area contributed by atoms with Gasteiger partial charge in [-0.15, -0.1) is 0 Å². The van der Waals surface area contributed by atoms with Gasteiger partial charge in [0.2, 0.25) is 10.0 Å². The van der Waals surface area contributed by atoms with Crippen molar-refractivity contribution in [1.82, 2.24) is 4.72 Å². The van der Waals surface area contributed by atoms with E-state index in [0.717, 1.165) is 16.9 Å².